The van der Waals surface area contributed by atoms with Crippen LogP contribution in [-0.4, -0.2) is 50.3 Å². The molecule has 178 valence electrons. The maximum absolute atomic E-state index is 12.4. The number of benzene rings is 1. The molecule has 0 saturated carbocycles. The molecule has 12 heteroatoms. The first-order chi connectivity index (χ1) is 15.6. The lowest BCUT2D eigenvalue weighted by molar-refractivity contribution is -0.140. The number of carboxylic acids is 2. The SMILES string of the molecule is CS[C@H](CCCc1c(N)nc(N)[nH]c1=O)c1ccc(C(=O)NC(CCC(=O)O)C(=O)O)cc1. The molecule has 0 spiro atoms. The number of aromatic amines is 1. The first kappa shape index (κ1) is 25.7. The molecule has 0 saturated heterocycles. The lowest BCUT2D eigenvalue weighted by Crippen LogP contribution is -2.41. The molecule has 1 aromatic carbocycles. The van der Waals surface area contributed by atoms with Gasteiger partial charge in [0.25, 0.3) is 11.5 Å². The molecule has 11 nitrogen and oxygen atoms in total. The lowest BCUT2D eigenvalue weighted by atomic mass is 10.0. The first-order valence-corrected chi connectivity index (χ1v) is 11.4. The minimum absolute atomic E-state index is 0.0241. The van der Waals surface area contributed by atoms with Crippen LogP contribution < -0.4 is 22.3 Å². The summed E-state index contributed by atoms with van der Waals surface area (Å²) in [6.45, 7) is 0. The third kappa shape index (κ3) is 7.52. The molecule has 33 heavy (non-hydrogen) atoms. The molecule has 1 amide bonds. The van der Waals surface area contributed by atoms with Gasteiger partial charge in [-0.05, 0) is 49.6 Å². The minimum Gasteiger partial charge on any atom is -0.481 e. The molecule has 0 radical (unpaired) electrons. The zero-order valence-electron chi connectivity index (χ0n) is 18.0. The van der Waals surface area contributed by atoms with Crippen molar-refractivity contribution in [2.45, 2.75) is 43.4 Å². The van der Waals surface area contributed by atoms with Crippen molar-refractivity contribution < 1.29 is 24.6 Å². The second-order valence-corrected chi connectivity index (χ2v) is 8.39. The second kappa shape index (κ2) is 11.9. The smallest absolute Gasteiger partial charge is 0.326 e. The number of aliphatic carboxylic acids is 2. The lowest BCUT2D eigenvalue weighted by Gasteiger charge is -2.16. The second-order valence-electron chi connectivity index (χ2n) is 7.35. The highest BCUT2D eigenvalue weighted by atomic mass is 32.2. The van der Waals surface area contributed by atoms with E-state index < -0.39 is 23.9 Å². The third-order valence-electron chi connectivity index (χ3n) is 5.04. The normalized spacial score (nSPS) is 12.6. The summed E-state index contributed by atoms with van der Waals surface area (Å²) in [6, 6.07) is 5.47. The van der Waals surface area contributed by atoms with E-state index in [-0.39, 0.29) is 41.0 Å². The number of thioether (sulfide) groups is 1. The highest BCUT2D eigenvalue weighted by Gasteiger charge is 2.22. The zero-order valence-corrected chi connectivity index (χ0v) is 18.9. The van der Waals surface area contributed by atoms with Crippen LogP contribution in [0.15, 0.2) is 29.1 Å². The Balaban J connectivity index is 1.99. The maximum Gasteiger partial charge on any atom is 0.326 e. The Morgan fingerprint density at radius 1 is 1.15 bits per heavy atom. The molecule has 0 aliphatic heterocycles. The highest BCUT2D eigenvalue weighted by Crippen LogP contribution is 2.32. The summed E-state index contributed by atoms with van der Waals surface area (Å²) in [6.07, 6.45) is 3.24. The number of amides is 1. The molecule has 0 bridgehead atoms. The number of carbonyl (C=O) groups is 3. The number of carboxylic acid groups (broad SMARTS) is 2. The van der Waals surface area contributed by atoms with Crippen molar-refractivity contribution in [1.82, 2.24) is 15.3 Å². The van der Waals surface area contributed by atoms with Gasteiger partial charge in [-0.25, -0.2) is 4.79 Å². The number of nitrogens with zero attached hydrogens (tertiary/aromatic N) is 1. The molecule has 2 rings (SSSR count). The fourth-order valence-corrected chi connectivity index (χ4v) is 4.11. The van der Waals surface area contributed by atoms with Crippen molar-refractivity contribution in [3.8, 4) is 0 Å². The molecule has 8 N–H and O–H groups in total. The zero-order chi connectivity index (χ0) is 24.5. The third-order valence-corrected chi connectivity index (χ3v) is 6.12. The van der Waals surface area contributed by atoms with Crippen LogP contribution in [0.3, 0.4) is 0 Å². The fourth-order valence-electron chi connectivity index (χ4n) is 3.28. The number of nitrogens with two attached hydrogens (primary N) is 2. The summed E-state index contributed by atoms with van der Waals surface area (Å²) in [5.74, 6) is -2.92. The summed E-state index contributed by atoms with van der Waals surface area (Å²) in [7, 11) is 0. The van der Waals surface area contributed by atoms with Crippen molar-refractivity contribution in [2.24, 2.45) is 0 Å². The van der Waals surface area contributed by atoms with E-state index in [9.17, 15) is 24.3 Å². The van der Waals surface area contributed by atoms with Gasteiger partial charge in [-0.15, -0.1) is 0 Å². The van der Waals surface area contributed by atoms with E-state index >= 15 is 0 Å². The Morgan fingerprint density at radius 2 is 1.82 bits per heavy atom. The van der Waals surface area contributed by atoms with Crippen molar-refractivity contribution in [2.75, 3.05) is 17.7 Å². The molecule has 2 atom stereocenters. The molecular formula is C21H27N5O6S. The van der Waals surface area contributed by atoms with E-state index in [4.69, 9.17) is 16.6 Å². The minimum atomic E-state index is -1.29. The molecular weight excluding hydrogens is 450 g/mol. The Hall–Kier alpha value is -3.54. The number of nitrogens with one attached hydrogen (secondary N) is 2. The van der Waals surface area contributed by atoms with Gasteiger partial charge in [-0.1, -0.05) is 12.1 Å². The number of rotatable bonds is 12. The summed E-state index contributed by atoms with van der Waals surface area (Å²) in [5, 5.41) is 20.4. The molecule has 1 heterocycles. The Labute approximate surface area is 194 Å². The van der Waals surface area contributed by atoms with Gasteiger partial charge in [0.15, 0.2) is 0 Å². The number of nitrogen functional groups attached to an aromatic ring is 2. The van der Waals surface area contributed by atoms with Crippen LogP contribution in [0.2, 0.25) is 0 Å². The predicted molar refractivity (Wildman–Crippen MR) is 125 cm³/mol. The topological polar surface area (TPSA) is 201 Å². The molecule has 0 aliphatic carbocycles. The van der Waals surface area contributed by atoms with Crippen LogP contribution in [0.5, 0.6) is 0 Å². The highest BCUT2D eigenvalue weighted by molar-refractivity contribution is 7.98. The average Bonchev–Trinajstić information content (AvgIpc) is 2.75. The number of aromatic nitrogens is 2. The summed E-state index contributed by atoms with van der Waals surface area (Å²) in [5.41, 5.74) is 12.6. The summed E-state index contributed by atoms with van der Waals surface area (Å²) < 4.78 is 0. The number of hydrogen-bond donors (Lipinski definition) is 6. The number of H-pyrrole nitrogens is 1. The van der Waals surface area contributed by atoms with Crippen molar-refractivity contribution in [3.05, 3.63) is 51.3 Å². The van der Waals surface area contributed by atoms with Crippen LogP contribution in [0.1, 0.15) is 52.4 Å². The standard InChI is InChI=1S/C21H27N5O6S/c1-33-15(4-2-3-13-17(22)25-21(23)26-19(13)30)11-5-7-12(8-6-11)18(29)24-14(20(31)32)9-10-16(27)28/h5-8,14-15H,2-4,9-10H2,1H3,(H,24,29)(H,27,28)(H,31,32)(H5,22,23,25,26,30)/t14?,15-/m1/s1. The van der Waals surface area contributed by atoms with E-state index in [2.05, 4.69) is 15.3 Å². The largest absolute Gasteiger partial charge is 0.481 e. The van der Waals surface area contributed by atoms with Gasteiger partial charge in [-0.2, -0.15) is 16.7 Å². The van der Waals surface area contributed by atoms with Gasteiger partial charge in [0, 0.05) is 17.2 Å². The summed E-state index contributed by atoms with van der Waals surface area (Å²) in [4.78, 5) is 52.7. The van der Waals surface area contributed by atoms with Gasteiger partial charge in [-0.3, -0.25) is 19.4 Å². The first-order valence-electron chi connectivity index (χ1n) is 10.1. The Kier molecular flexibility index (Phi) is 9.28. The molecule has 1 unspecified atom stereocenters. The van der Waals surface area contributed by atoms with E-state index in [0.717, 1.165) is 12.0 Å². The van der Waals surface area contributed by atoms with Gasteiger partial charge in [0.05, 0.1) is 5.56 Å². The van der Waals surface area contributed by atoms with Crippen LogP contribution >= 0.6 is 11.8 Å². The fraction of sp³-hybridized carbons (Fsp3) is 0.381. The number of anilines is 2. The number of hydrogen-bond acceptors (Lipinski definition) is 8. The van der Waals surface area contributed by atoms with Gasteiger partial charge < -0.3 is 27.0 Å². The van der Waals surface area contributed by atoms with E-state index in [0.29, 0.717) is 18.4 Å². The molecule has 1 aromatic heterocycles. The number of carbonyl (C=O) groups excluding carboxylic acids is 1. The van der Waals surface area contributed by atoms with E-state index in [1.54, 1.807) is 36.0 Å². The van der Waals surface area contributed by atoms with E-state index in [1.807, 2.05) is 6.26 Å². The average molecular weight is 478 g/mol. The van der Waals surface area contributed by atoms with E-state index in [1.165, 1.54) is 0 Å². The van der Waals surface area contributed by atoms with Gasteiger partial charge in [0.2, 0.25) is 5.95 Å². The Morgan fingerprint density at radius 3 is 2.36 bits per heavy atom. The molecule has 0 aliphatic rings. The van der Waals surface area contributed by atoms with Crippen molar-refractivity contribution >= 4 is 41.4 Å². The maximum atomic E-state index is 12.4. The van der Waals surface area contributed by atoms with Crippen LogP contribution in [0, 0.1) is 0 Å². The quantitative estimate of drug-likeness (QED) is 0.259. The van der Waals surface area contributed by atoms with Gasteiger partial charge in [0.1, 0.15) is 11.9 Å². The van der Waals surface area contributed by atoms with Crippen LogP contribution in [0.25, 0.3) is 0 Å². The van der Waals surface area contributed by atoms with Crippen molar-refractivity contribution in [1.29, 1.82) is 0 Å². The summed E-state index contributed by atoms with van der Waals surface area (Å²) >= 11 is 1.62. The van der Waals surface area contributed by atoms with Crippen molar-refractivity contribution in [3.63, 3.8) is 0 Å². The monoisotopic (exact) mass is 477 g/mol. The van der Waals surface area contributed by atoms with Gasteiger partial charge >= 0.3 is 11.9 Å². The molecule has 0 fully saturated rings. The molecule has 2 aromatic rings. The van der Waals surface area contributed by atoms with Crippen LogP contribution in [-0.2, 0) is 16.0 Å². The Bertz CT molecular complexity index is 1060. The van der Waals surface area contributed by atoms with Crippen LogP contribution in [0.4, 0.5) is 11.8 Å². The predicted octanol–water partition coefficient (Wildman–Crippen LogP) is 1.41.